The third-order valence-electron chi connectivity index (χ3n) is 3.99. The molecule has 0 spiro atoms. The molecule has 3 N–H and O–H groups in total. The van der Waals surface area contributed by atoms with Crippen LogP contribution in [0.3, 0.4) is 0 Å². The second kappa shape index (κ2) is 6.45. The molecule has 0 heterocycles. The fraction of sp³-hybridized carbons (Fsp3) is 0.571. The van der Waals surface area contributed by atoms with Gasteiger partial charge in [-0.15, -0.1) is 0 Å². The van der Waals surface area contributed by atoms with E-state index in [0.29, 0.717) is 10.2 Å². The molecule has 20 heavy (non-hydrogen) atoms. The highest BCUT2D eigenvalue weighted by atomic mass is 79.9. The van der Waals surface area contributed by atoms with Crippen molar-refractivity contribution in [1.82, 2.24) is 4.72 Å². The Kier molecular flexibility index (Phi) is 5.09. The normalized spacial score (nSPS) is 23.7. The molecule has 6 heteroatoms. The van der Waals surface area contributed by atoms with Gasteiger partial charge in [-0.3, -0.25) is 0 Å². The third-order valence-corrected chi connectivity index (χ3v) is 6.51. The lowest BCUT2D eigenvalue weighted by molar-refractivity contribution is 0.306. The predicted molar refractivity (Wildman–Crippen MR) is 84.9 cm³/mol. The lowest BCUT2D eigenvalue weighted by Crippen LogP contribution is -2.37. The van der Waals surface area contributed by atoms with Crippen molar-refractivity contribution in [3.8, 4) is 0 Å². The Balaban J connectivity index is 2.10. The number of hydrogen-bond donors (Lipinski definition) is 2. The van der Waals surface area contributed by atoms with E-state index in [4.69, 9.17) is 5.73 Å². The quantitative estimate of drug-likeness (QED) is 0.809. The first-order chi connectivity index (χ1) is 9.42. The van der Waals surface area contributed by atoms with Crippen molar-refractivity contribution in [2.24, 2.45) is 5.92 Å². The molecule has 1 fully saturated rings. The first-order valence-electron chi connectivity index (χ1n) is 6.99. The number of nitrogens with two attached hydrogens (primary N) is 1. The summed E-state index contributed by atoms with van der Waals surface area (Å²) in [5, 5.41) is 0. The van der Waals surface area contributed by atoms with Gasteiger partial charge in [0, 0.05) is 16.2 Å². The Hall–Kier alpha value is -0.590. The minimum absolute atomic E-state index is 0.0381. The highest BCUT2D eigenvalue weighted by molar-refractivity contribution is 9.10. The number of sulfonamides is 1. The Morgan fingerprint density at radius 1 is 1.30 bits per heavy atom. The van der Waals surface area contributed by atoms with Crippen LogP contribution < -0.4 is 10.5 Å². The smallest absolute Gasteiger partial charge is 0.242 e. The summed E-state index contributed by atoms with van der Waals surface area (Å²) in [4.78, 5) is 0.218. The maximum Gasteiger partial charge on any atom is 0.242 e. The number of nitrogens with one attached hydrogen (secondary N) is 1. The molecule has 1 saturated carbocycles. The number of anilines is 1. The molecule has 0 radical (unpaired) electrons. The third kappa shape index (κ3) is 3.74. The molecule has 0 aliphatic heterocycles. The van der Waals surface area contributed by atoms with Crippen LogP contribution in [-0.2, 0) is 10.0 Å². The molecule has 0 aromatic heterocycles. The molecular formula is C14H21BrN2O2S. The Bertz CT molecular complexity index is 567. The highest BCUT2D eigenvalue weighted by Gasteiger charge is 2.26. The van der Waals surface area contributed by atoms with E-state index in [1.165, 1.54) is 12.5 Å². The molecule has 0 bridgehead atoms. The topological polar surface area (TPSA) is 72.2 Å². The van der Waals surface area contributed by atoms with E-state index in [2.05, 4.69) is 27.6 Å². The van der Waals surface area contributed by atoms with Gasteiger partial charge < -0.3 is 5.73 Å². The summed E-state index contributed by atoms with van der Waals surface area (Å²) in [6.45, 7) is 2.19. The first kappa shape index (κ1) is 15.8. The lowest BCUT2D eigenvalue weighted by Gasteiger charge is -2.28. The van der Waals surface area contributed by atoms with Crippen molar-refractivity contribution >= 4 is 31.6 Å². The summed E-state index contributed by atoms with van der Waals surface area (Å²) in [7, 11) is -3.51. The van der Waals surface area contributed by atoms with Crippen molar-refractivity contribution < 1.29 is 8.42 Å². The van der Waals surface area contributed by atoms with Crippen LogP contribution in [0.25, 0.3) is 0 Å². The van der Waals surface area contributed by atoms with Gasteiger partial charge in [0.25, 0.3) is 0 Å². The number of nitrogen functional groups attached to an aromatic ring is 1. The van der Waals surface area contributed by atoms with Gasteiger partial charge in [0.15, 0.2) is 0 Å². The molecule has 1 aromatic carbocycles. The van der Waals surface area contributed by atoms with Crippen LogP contribution in [0.1, 0.15) is 39.0 Å². The maximum atomic E-state index is 12.4. The fourth-order valence-electron chi connectivity index (χ4n) is 2.70. The van der Waals surface area contributed by atoms with Crippen LogP contribution in [0.15, 0.2) is 27.6 Å². The molecule has 1 aliphatic carbocycles. The average molecular weight is 361 g/mol. The number of hydrogen-bond acceptors (Lipinski definition) is 3. The van der Waals surface area contributed by atoms with E-state index in [0.717, 1.165) is 31.6 Å². The van der Waals surface area contributed by atoms with Crippen molar-refractivity contribution in [2.45, 2.75) is 50.0 Å². The minimum Gasteiger partial charge on any atom is -0.399 e. The predicted octanol–water partition coefficient (Wildman–Crippen LogP) is 3.28. The van der Waals surface area contributed by atoms with Gasteiger partial charge in [0.05, 0.1) is 4.90 Å². The van der Waals surface area contributed by atoms with Gasteiger partial charge in [-0.25, -0.2) is 13.1 Å². The molecule has 0 atom stereocenters. The van der Waals surface area contributed by atoms with Gasteiger partial charge in [0.2, 0.25) is 10.0 Å². The SMILES string of the molecule is CCC1CCC(NS(=O)(=O)c2cc(N)ccc2Br)CC1. The number of rotatable bonds is 4. The Morgan fingerprint density at radius 3 is 2.55 bits per heavy atom. The van der Waals surface area contributed by atoms with E-state index in [1.54, 1.807) is 12.1 Å². The van der Waals surface area contributed by atoms with Gasteiger partial charge in [0.1, 0.15) is 0 Å². The van der Waals surface area contributed by atoms with Gasteiger partial charge in [-0.05, 0) is 65.7 Å². The fourth-order valence-corrected chi connectivity index (χ4v) is 5.00. The summed E-state index contributed by atoms with van der Waals surface area (Å²) >= 11 is 3.28. The molecule has 1 aromatic rings. The van der Waals surface area contributed by atoms with E-state index >= 15 is 0 Å². The van der Waals surface area contributed by atoms with Gasteiger partial charge >= 0.3 is 0 Å². The van der Waals surface area contributed by atoms with Crippen molar-refractivity contribution in [3.05, 3.63) is 22.7 Å². The number of halogens is 1. The van der Waals surface area contributed by atoms with E-state index < -0.39 is 10.0 Å². The van der Waals surface area contributed by atoms with E-state index in [-0.39, 0.29) is 10.9 Å². The molecular weight excluding hydrogens is 340 g/mol. The summed E-state index contributed by atoms with van der Waals surface area (Å²) < 4.78 is 28.2. The van der Waals surface area contributed by atoms with Crippen LogP contribution in [0.4, 0.5) is 5.69 Å². The van der Waals surface area contributed by atoms with Crippen LogP contribution in [-0.4, -0.2) is 14.5 Å². The van der Waals surface area contributed by atoms with Crippen LogP contribution >= 0.6 is 15.9 Å². The standard InChI is InChI=1S/C14H21BrN2O2S/c1-2-10-3-6-12(7-4-10)17-20(18,19)14-9-11(16)5-8-13(14)15/h5,8-10,12,17H,2-4,6-7,16H2,1H3. The van der Waals surface area contributed by atoms with Crippen LogP contribution in [0.2, 0.25) is 0 Å². The van der Waals surface area contributed by atoms with Crippen molar-refractivity contribution in [1.29, 1.82) is 0 Å². The molecule has 4 nitrogen and oxygen atoms in total. The first-order valence-corrected chi connectivity index (χ1v) is 9.27. The minimum atomic E-state index is -3.51. The molecule has 0 unspecified atom stereocenters. The summed E-state index contributed by atoms with van der Waals surface area (Å²) in [5.74, 6) is 0.745. The maximum absolute atomic E-state index is 12.4. The average Bonchev–Trinajstić information content (AvgIpc) is 2.42. The molecule has 2 rings (SSSR count). The van der Waals surface area contributed by atoms with Crippen LogP contribution in [0, 0.1) is 5.92 Å². The Morgan fingerprint density at radius 2 is 1.95 bits per heavy atom. The molecule has 0 saturated heterocycles. The van der Waals surface area contributed by atoms with Crippen LogP contribution in [0.5, 0.6) is 0 Å². The van der Waals surface area contributed by atoms with Crippen molar-refractivity contribution in [3.63, 3.8) is 0 Å². The lowest BCUT2D eigenvalue weighted by atomic mass is 9.85. The highest BCUT2D eigenvalue weighted by Crippen LogP contribution is 2.29. The summed E-state index contributed by atoms with van der Waals surface area (Å²) in [6.07, 6.45) is 5.21. The second-order valence-electron chi connectivity index (χ2n) is 5.44. The molecule has 1 aliphatic rings. The van der Waals surface area contributed by atoms with E-state index in [9.17, 15) is 8.42 Å². The van der Waals surface area contributed by atoms with Gasteiger partial charge in [-0.2, -0.15) is 0 Å². The van der Waals surface area contributed by atoms with E-state index in [1.807, 2.05) is 0 Å². The second-order valence-corrected chi connectivity index (χ2v) is 7.97. The zero-order chi connectivity index (χ0) is 14.8. The zero-order valence-corrected chi connectivity index (χ0v) is 14.0. The Labute approximate surface area is 129 Å². The van der Waals surface area contributed by atoms with Crippen molar-refractivity contribution in [2.75, 3.05) is 5.73 Å². The largest absolute Gasteiger partial charge is 0.399 e. The van der Waals surface area contributed by atoms with Gasteiger partial charge in [-0.1, -0.05) is 13.3 Å². The number of benzene rings is 1. The zero-order valence-electron chi connectivity index (χ0n) is 11.6. The molecule has 112 valence electrons. The summed E-state index contributed by atoms with van der Waals surface area (Å²) in [5.41, 5.74) is 6.13. The monoisotopic (exact) mass is 360 g/mol. The molecule has 0 amide bonds. The summed E-state index contributed by atoms with van der Waals surface area (Å²) in [6, 6.07) is 4.87.